The molecule has 2 aromatic carbocycles. The van der Waals surface area contributed by atoms with Crippen LogP contribution < -0.4 is 15.4 Å². The Morgan fingerprint density at radius 2 is 1.93 bits per heavy atom. The fourth-order valence-electron chi connectivity index (χ4n) is 2.65. The van der Waals surface area contributed by atoms with Crippen LogP contribution in [0.2, 0.25) is 0 Å². The summed E-state index contributed by atoms with van der Waals surface area (Å²) in [6.07, 6.45) is 1.46. The second-order valence-corrected chi connectivity index (χ2v) is 8.47. The second-order valence-electron chi connectivity index (χ2n) is 6.45. The van der Waals surface area contributed by atoms with Crippen molar-refractivity contribution < 1.29 is 27.3 Å². The lowest BCUT2D eigenvalue weighted by Crippen LogP contribution is -2.29. The number of nitrogens with one attached hydrogen (secondary N) is 2. The minimum atomic E-state index is -3.57. The lowest BCUT2D eigenvalue weighted by molar-refractivity contribution is -0.384. The highest BCUT2D eigenvalue weighted by Crippen LogP contribution is 2.27. The maximum absolute atomic E-state index is 13.6. The van der Waals surface area contributed by atoms with Gasteiger partial charge in [-0.3, -0.25) is 14.9 Å². The van der Waals surface area contributed by atoms with Crippen LogP contribution in [-0.2, 0) is 21.1 Å². The smallest absolute Gasteiger partial charge is 0.293 e. The number of rotatable bonds is 10. The van der Waals surface area contributed by atoms with Gasteiger partial charge < -0.3 is 15.4 Å². The van der Waals surface area contributed by atoms with Gasteiger partial charge in [-0.15, -0.1) is 0 Å². The molecule has 162 valence electrons. The van der Waals surface area contributed by atoms with Gasteiger partial charge >= 0.3 is 0 Å². The standard InChI is InChI=1S/C19H22FN3O6S/c1-29-18-7-3-13(11-15(18)20)4-8-19(24)22-10-9-21-16-6-5-14(30(2,27)28)12-17(16)23(25)26/h3,5-7,11-12,21H,4,8-10H2,1-2H3,(H,22,24). The first-order valence-corrected chi connectivity index (χ1v) is 10.8. The average molecular weight is 439 g/mol. The minimum absolute atomic E-state index is 0.132. The van der Waals surface area contributed by atoms with Crippen molar-refractivity contribution in [2.75, 3.05) is 31.8 Å². The molecule has 0 atom stereocenters. The quantitative estimate of drug-likeness (QED) is 0.330. The van der Waals surface area contributed by atoms with Crippen LogP contribution in [0.15, 0.2) is 41.3 Å². The number of nitrogens with zero attached hydrogens (tertiary/aromatic N) is 1. The summed E-state index contributed by atoms with van der Waals surface area (Å²) in [7, 11) is -2.20. The van der Waals surface area contributed by atoms with Gasteiger partial charge in [0.1, 0.15) is 5.69 Å². The van der Waals surface area contributed by atoms with E-state index in [9.17, 15) is 27.7 Å². The number of methoxy groups -OCH3 is 1. The van der Waals surface area contributed by atoms with E-state index in [4.69, 9.17) is 4.74 Å². The molecule has 0 saturated heterocycles. The maximum atomic E-state index is 13.6. The summed E-state index contributed by atoms with van der Waals surface area (Å²) in [6, 6.07) is 8.06. The zero-order valence-electron chi connectivity index (χ0n) is 16.5. The fourth-order valence-corrected chi connectivity index (χ4v) is 3.29. The van der Waals surface area contributed by atoms with Crippen LogP contribution >= 0.6 is 0 Å². The van der Waals surface area contributed by atoms with Crippen molar-refractivity contribution in [2.45, 2.75) is 17.7 Å². The first kappa shape index (κ1) is 23.1. The third kappa shape index (κ3) is 6.41. The average Bonchev–Trinajstić information content (AvgIpc) is 2.69. The van der Waals surface area contributed by atoms with Crippen LogP contribution in [0.25, 0.3) is 0 Å². The summed E-state index contributed by atoms with van der Waals surface area (Å²) in [6.45, 7) is 0.392. The SMILES string of the molecule is COc1ccc(CCC(=O)NCCNc2ccc(S(C)(=O)=O)cc2[N+](=O)[O-])cc1F. The van der Waals surface area contributed by atoms with Crippen LogP contribution in [0.3, 0.4) is 0 Å². The molecule has 9 nitrogen and oxygen atoms in total. The Morgan fingerprint density at radius 1 is 1.20 bits per heavy atom. The predicted molar refractivity (Wildman–Crippen MR) is 109 cm³/mol. The van der Waals surface area contributed by atoms with Crippen molar-refractivity contribution in [2.24, 2.45) is 0 Å². The monoisotopic (exact) mass is 439 g/mol. The Balaban J connectivity index is 1.84. The largest absolute Gasteiger partial charge is 0.494 e. The Labute approximate surface area is 173 Å². The number of benzene rings is 2. The van der Waals surface area contributed by atoms with E-state index < -0.39 is 20.6 Å². The summed E-state index contributed by atoms with van der Waals surface area (Å²) in [5.74, 6) is -0.619. The highest BCUT2D eigenvalue weighted by molar-refractivity contribution is 7.90. The van der Waals surface area contributed by atoms with Gasteiger partial charge in [0.15, 0.2) is 21.4 Å². The third-order valence-corrected chi connectivity index (χ3v) is 5.32. The molecular formula is C19H22FN3O6S. The van der Waals surface area contributed by atoms with Crippen molar-refractivity contribution >= 4 is 27.1 Å². The number of amides is 1. The lowest BCUT2D eigenvalue weighted by atomic mass is 10.1. The highest BCUT2D eigenvalue weighted by atomic mass is 32.2. The van der Waals surface area contributed by atoms with Crippen molar-refractivity contribution in [1.29, 1.82) is 0 Å². The Kier molecular flexibility index (Phi) is 7.70. The molecule has 0 aliphatic heterocycles. The van der Waals surface area contributed by atoms with Gasteiger partial charge in [0.2, 0.25) is 5.91 Å². The summed E-state index contributed by atoms with van der Waals surface area (Å²) in [5.41, 5.74) is 0.435. The summed E-state index contributed by atoms with van der Waals surface area (Å²) in [4.78, 5) is 22.3. The number of nitro groups is 1. The van der Waals surface area contributed by atoms with E-state index in [0.29, 0.717) is 12.0 Å². The van der Waals surface area contributed by atoms with E-state index in [-0.39, 0.29) is 47.4 Å². The van der Waals surface area contributed by atoms with Gasteiger partial charge in [0.25, 0.3) is 5.69 Å². The van der Waals surface area contributed by atoms with E-state index >= 15 is 0 Å². The number of halogens is 1. The molecular weight excluding hydrogens is 417 g/mol. The molecule has 30 heavy (non-hydrogen) atoms. The number of carbonyl (C=O) groups is 1. The summed E-state index contributed by atoms with van der Waals surface area (Å²) in [5, 5.41) is 16.7. The molecule has 2 rings (SSSR count). The lowest BCUT2D eigenvalue weighted by Gasteiger charge is -2.10. The molecule has 11 heteroatoms. The molecule has 0 aliphatic carbocycles. The van der Waals surface area contributed by atoms with Gasteiger partial charge in [-0.05, 0) is 36.2 Å². The molecule has 0 saturated carbocycles. The van der Waals surface area contributed by atoms with Crippen LogP contribution in [0, 0.1) is 15.9 Å². The van der Waals surface area contributed by atoms with Gasteiger partial charge in [-0.1, -0.05) is 6.07 Å². The van der Waals surface area contributed by atoms with E-state index in [2.05, 4.69) is 10.6 Å². The number of nitro benzene ring substituents is 1. The normalized spacial score (nSPS) is 11.0. The molecule has 0 heterocycles. The van der Waals surface area contributed by atoms with Gasteiger partial charge in [0.05, 0.1) is 16.9 Å². The number of anilines is 1. The molecule has 0 aromatic heterocycles. The number of aryl methyl sites for hydroxylation is 1. The van der Waals surface area contributed by atoms with E-state index in [1.54, 1.807) is 6.07 Å². The third-order valence-electron chi connectivity index (χ3n) is 4.21. The van der Waals surface area contributed by atoms with Crippen LogP contribution in [-0.4, -0.2) is 45.7 Å². The molecule has 0 aliphatic rings. The topological polar surface area (TPSA) is 128 Å². The number of hydrogen-bond acceptors (Lipinski definition) is 7. The highest BCUT2D eigenvalue weighted by Gasteiger charge is 2.18. The zero-order valence-corrected chi connectivity index (χ0v) is 17.3. The molecule has 0 unspecified atom stereocenters. The fraction of sp³-hybridized carbons (Fsp3) is 0.316. The molecule has 0 fully saturated rings. The van der Waals surface area contributed by atoms with Crippen molar-refractivity contribution in [1.82, 2.24) is 5.32 Å². The minimum Gasteiger partial charge on any atom is -0.494 e. The Hall–Kier alpha value is -3.21. The van der Waals surface area contributed by atoms with Crippen LogP contribution in [0.1, 0.15) is 12.0 Å². The molecule has 0 spiro atoms. The number of sulfone groups is 1. The van der Waals surface area contributed by atoms with Gasteiger partial charge in [-0.25, -0.2) is 12.8 Å². The predicted octanol–water partition coefficient (Wildman–Crippen LogP) is 2.31. The molecule has 1 amide bonds. The van der Waals surface area contributed by atoms with Crippen molar-refractivity contribution in [3.05, 3.63) is 57.9 Å². The number of ether oxygens (including phenoxy) is 1. The van der Waals surface area contributed by atoms with E-state index in [0.717, 1.165) is 12.3 Å². The Bertz CT molecular complexity index is 1040. The van der Waals surface area contributed by atoms with Crippen molar-refractivity contribution in [3.63, 3.8) is 0 Å². The van der Waals surface area contributed by atoms with Crippen molar-refractivity contribution in [3.8, 4) is 5.75 Å². The number of hydrogen-bond donors (Lipinski definition) is 2. The first-order chi connectivity index (χ1) is 14.1. The second kappa shape index (κ2) is 10.0. The number of carbonyl (C=O) groups excluding carboxylic acids is 1. The summed E-state index contributed by atoms with van der Waals surface area (Å²) < 4.78 is 41.6. The molecule has 0 bridgehead atoms. The van der Waals surface area contributed by atoms with Gasteiger partial charge in [-0.2, -0.15) is 0 Å². The van der Waals surface area contributed by atoms with Crippen LogP contribution in [0.4, 0.5) is 15.8 Å². The molecule has 2 aromatic rings. The first-order valence-electron chi connectivity index (χ1n) is 8.93. The summed E-state index contributed by atoms with van der Waals surface area (Å²) >= 11 is 0. The van der Waals surface area contributed by atoms with Crippen LogP contribution in [0.5, 0.6) is 5.75 Å². The maximum Gasteiger partial charge on any atom is 0.293 e. The Morgan fingerprint density at radius 3 is 2.53 bits per heavy atom. The van der Waals surface area contributed by atoms with Gasteiger partial charge in [0, 0.05) is 31.8 Å². The molecule has 2 N–H and O–H groups in total. The van der Waals surface area contributed by atoms with E-state index in [1.807, 2.05) is 0 Å². The van der Waals surface area contributed by atoms with E-state index in [1.165, 1.54) is 31.4 Å². The zero-order chi connectivity index (χ0) is 22.3. The molecule has 0 radical (unpaired) electrons.